The van der Waals surface area contributed by atoms with E-state index < -0.39 is 0 Å². The SMILES string of the molecule is Cc1cc(N(C)C2CCCN(C)C2)c(CO)cn1. The van der Waals surface area contributed by atoms with Crippen LogP contribution in [0.1, 0.15) is 24.1 Å². The summed E-state index contributed by atoms with van der Waals surface area (Å²) in [6.07, 6.45) is 4.24. The van der Waals surface area contributed by atoms with Gasteiger partial charge in [0.1, 0.15) is 0 Å². The smallest absolute Gasteiger partial charge is 0.0717 e. The molecular weight excluding hydrogens is 226 g/mol. The van der Waals surface area contributed by atoms with Crippen molar-refractivity contribution in [1.82, 2.24) is 9.88 Å². The highest BCUT2D eigenvalue weighted by Crippen LogP contribution is 2.25. The Labute approximate surface area is 109 Å². The first kappa shape index (κ1) is 13.3. The Bertz CT molecular complexity index is 408. The van der Waals surface area contributed by atoms with Gasteiger partial charge in [0.2, 0.25) is 0 Å². The van der Waals surface area contributed by atoms with Gasteiger partial charge in [0, 0.05) is 42.8 Å². The maximum atomic E-state index is 9.43. The van der Waals surface area contributed by atoms with Crippen LogP contribution in [0.3, 0.4) is 0 Å². The van der Waals surface area contributed by atoms with Gasteiger partial charge in [0.15, 0.2) is 0 Å². The van der Waals surface area contributed by atoms with E-state index in [0.29, 0.717) is 6.04 Å². The van der Waals surface area contributed by atoms with Crippen LogP contribution in [0.5, 0.6) is 0 Å². The zero-order chi connectivity index (χ0) is 13.1. The van der Waals surface area contributed by atoms with Gasteiger partial charge in [0.25, 0.3) is 0 Å². The lowest BCUT2D eigenvalue weighted by atomic mass is 10.0. The van der Waals surface area contributed by atoms with Crippen molar-refractivity contribution in [3.8, 4) is 0 Å². The Balaban J connectivity index is 2.21. The molecule has 4 nitrogen and oxygen atoms in total. The molecule has 1 aliphatic rings. The lowest BCUT2D eigenvalue weighted by Gasteiger charge is -2.37. The third-order valence-electron chi connectivity index (χ3n) is 3.80. The van der Waals surface area contributed by atoms with E-state index in [1.807, 2.05) is 6.92 Å². The van der Waals surface area contributed by atoms with Crippen LogP contribution in [0.15, 0.2) is 12.3 Å². The van der Waals surface area contributed by atoms with Gasteiger partial charge in [-0.2, -0.15) is 0 Å². The number of aromatic nitrogens is 1. The minimum atomic E-state index is 0.0511. The van der Waals surface area contributed by atoms with E-state index in [2.05, 4.69) is 34.9 Å². The first-order valence-corrected chi connectivity index (χ1v) is 6.59. The largest absolute Gasteiger partial charge is 0.392 e. The number of likely N-dealkylation sites (tertiary alicyclic amines) is 1. The van der Waals surface area contributed by atoms with Crippen molar-refractivity contribution in [3.63, 3.8) is 0 Å². The highest BCUT2D eigenvalue weighted by Gasteiger charge is 2.22. The maximum Gasteiger partial charge on any atom is 0.0717 e. The molecule has 0 saturated carbocycles. The van der Waals surface area contributed by atoms with E-state index in [9.17, 15) is 5.11 Å². The Hall–Kier alpha value is -1.13. The molecule has 1 unspecified atom stereocenters. The second-order valence-corrected chi connectivity index (χ2v) is 5.28. The standard InChI is InChI=1S/C14H23N3O/c1-11-7-14(12(10-18)8-15-11)17(3)13-5-4-6-16(2)9-13/h7-8,13,18H,4-6,9-10H2,1-3H3. The van der Waals surface area contributed by atoms with Crippen molar-refractivity contribution < 1.29 is 5.11 Å². The Morgan fingerprint density at radius 2 is 2.33 bits per heavy atom. The summed E-state index contributed by atoms with van der Waals surface area (Å²) in [6.45, 7) is 4.32. The van der Waals surface area contributed by atoms with Crippen LogP contribution in [0.25, 0.3) is 0 Å². The van der Waals surface area contributed by atoms with Gasteiger partial charge < -0.3 is 14.9 Å². The molecule has 2 heterocycles. The number of likely N-dealkylation sites (N-methyl/N-ethyl adjacent to an activating group) is 2. The molecule has 1 N–H and O–H groups in total. The molecule has 1 fully saturated rings. The summed E-state index contributed by atoms with van der Waals surface area (Å²) in [7, 11) is 4.29. The topological polar surface area (TPSA) is 39.6 Å². The minimum Gasteiger partial charge on any atom is -0.392 e. The quantitative estimate of drug-likeness (QED) is 0.879. The summed E-state index contributed by atoms with van der Waals surface area (Å²) in [4.78, 5) is 8.93. The van der Waals surface area contributed by atoms with E-state index in [-0.39, 0.29) is 6.61 Å². The predicted molar refractivity (Wildman–Crippen MR) is 73.8 cm³/mol. The number of aliphatic hydroxyl groups is 1. The minimum absolute atomic E-state index is 0.0511. The maximum absolute atomic E-state index is 9.43. The molecule has 0 aliphatic carbocycles. The molecule has 0 radical (unpaired) electrons. The number of pyridine rings is 1. The van der Waals surface area contributed by atoms with Crippen LogP contribution in [0.4, 0.5) is 5.69 Å². The molecule has 1 saturated heterocycles. The normalized spacial score (nSPS) is 21.0. The van der Waals surface area contributed by atoms with Crippen LogP contribution in [-0.4, -0.2) is 48.2 Å². The second-order valence-electron chi connectivity index (χ2n) is 5.28. The van der Waals surface area contributed by atoms with Crippen LogP contribution < -0.4 is 4.90 Å². The highest BCUT2D eigenvalue weighted by molar-refractivity contribution is 5.53. The third kappa shape index (κ3) is 2.82. The van der Waals surface area contributed by atoms with Gasteiger partial charge in [-0.05, 0) is 39.4 Å². The zero-order valence-electron chi connectivity index (χ0n) is 11.6. The van der Waals surface area contributed by atoms with Crippen molar-refractivity contribution in [2.24, 2.45) is 0 Å². The lowest BCUT2D eigenvalue weighted by Crippen LogP contribution is -2.45. The summed E-state index contributed by atoms with van der Waals surface area (Å²) < 4.78 is 0. The average molecular weight is 249 g/mol. The molecule has 0 bridgehead atoms. The fraction of sp³-hybridized carbons (Fsp3) is 0.643. The van der Waals surface area contributed by atoms with Crippen LogP contribution in [-0.2, 0) is 6.61 Å². The van der Waals surface area contributed by atoms with Crippen LogP contribution in [0, 0.1) is 6.92 Å². The van der Waals surface area contributed by atoms with Gasteiger partial charge in [-0.1, -0.05) is 0 Å². The number of rotatable bonds is 3. The molecule has 2 rings (SSSR count). The van der Waals surface area contributed by atoms with E-state index in [1.54, 1.807) is 6.20 Å². The molecule has 1 aromatic heterocycles. The van der Waals surface area contributed by atoms with Crippen molar-refractivity contribution >= 4 is 5.69 Å². The average Bonchev–Trinajstić information content (AvgIpc) is 2.38. The van der Waals surface area contributed by atoms with Gasteiger partial charge in [0.05, 0.1) is 6.61 Å². The summed E-state index contributed by atoms with van der Waals surface area (Å²) in [5.41, 5.74) is 3.03. The fourth-order valence-corrected chi connectivity index (χ4v) is 2.68. The van der Waals surface area contributed by atoms with Crippen LogP contribution in [0.2, 0.25) is 0 Å². The third-order valence-corrected chi connectivity index (χ3v) is 3.80. The Morgan fingerprint density at radius 3 is 3.00 bits per heavy atom. The number of hydrogen-bond donors (Lipinski definition) is 1. The van der Waals surface area contributed by atoms with E-state index in [1.165, 1.54) is 19.4 Å². The Morgan fingerprint density at radius 1 is 1.56 bits per heavy atom. The van der Waals surface area contributed by atoms with Gasteiger partial charge in [-0.15, -0.1) is 0 Å². The van der Waals surface area contributed by atoms with E-state index >= 15 is 0 Å². The number of nitrogens with zero attached hydrogens (tertiary/aromatic N) is 3. The van der Waals surface area contributed by atoms with Gasteiger partial charge in [-0.3, -0.25) is 4.98 Å². The van der Waals surface area contributed by atoms with Crippen molar-refractivity contribution in [2.45, 2.75) is 32.4 Å². The summed E-state index contributed by atoms with van der Waals surface area (Å²) in [6, 6.07) is 2.59. The second kappa shape index (κ2) is 5.67. The number of aryl methyl sites for hydroxylation is 1. The molecule has 4 heteroatoms. The highest BCUT2D eigenvalue weighted by atomic mass is 16.3. The van der Waals surface area contributed by atoms with Gasteiger partial charge >= 0.3 is 0 Å². The van der Waals surface area contributed by atoms with Crippen molar-refractivity contribution in [2.75, 3.05) is 32.1 Å². The number of anilines is 1. The van der Waals surface area contributed by atoms with Crippen molar-refractivity contribution in [1.29, 1.82) is 0 Å². The number of hydrogen-bond acceptors (Lipinski definition) is 4. The summed E-state index contributed by atoms with van der Waals surface area (Å²) in [5, 5.41) is 9.43. The fourth-order valence-electron chi connectivity index (χ4n) is 2.68. The first-order valence-electron chi connectivity index (χ1n) is 6.59. The van der Waals surface area contributed by atoms with E-state index in [4.69, 9.17) is 0 Å². The molecule has 0 aromatic carbocycles. The summed E-state index contributed by atoms with van der Waals surface area (Å²) >= 11 is 0. The predicted octanol–water partition coefficient (Wildman–Crippen LogP) is 1.41. The molecule has 1 atom stereocenters. The number of aliphatic hydroxyl groups excluding tert-OH is 1. The zero-order valence-corrected chi connectivity index (χ0v) is 11.6. The van der Waals surface area contributed by atoms with Crippen molar-refractivity contribution in [3.05, 3.63) is 23.5 Å². The van der Waals surface area contributed by atoms with Gasteiger partial charge in [-0.25, -0.2) is 0 Å². The molecule has 1 aromatic rings. The molecule has 0 amide bonds. The first-order chi connectivity index (χ1) is 8.61. The monoisotopic (exact) mass is 249 g/mol. The van der Waals surface area contributed by atoms with E-state index in [0.717, 1.165) is 23.5 Å². The molecule has 0 spiro atoms. The molecule has 1 aliphatic heterocycles. The molecule has 100 valence electrons. The number of piperidine rings is 1. The van der Waals surface area contributed by atoms with Crippen LogP contribution >= 0.6 is 0 Å². The summed E-state index contributed by atoms with van der Waals surface area (Å²) in [5.74, 6) is 0. The molecular formula is C14H23N3O. The molecule has 18 heavy (non-hydrogen) atoms. The Kier molecular flexibility index (Phi) is 4.19. The lowest BCUT2D eigenvalue weighted by molar-refractivity contribution is 0.246.